The van der Waals surface area contributed by atoms with Gasteiger partial charge in [-0.2, -0.15) is 0 Å². The highest BCUT2D eigenvalue weighted by Crippen LogP contribution is 2.42. The lowest BCUT2D eigenvalue weighted by atomic mass is 9.64. The number of methoxy groups -OCH3 is 1. The number of amides is 1. The van der Waals surface area contributed by atoms with Crippen LogP contribution in [0.3, 0.4) is 0 Å². The maximum absolute atomic E-state index is 11.6. The molecule has 0 bridgehead atoms. The number of hydrogen-bond acceptors (Lipinski definition) is 3. The molecule has 0 aromatic carbocycles. The average molecular weight is 229 g/mol. The van der Waals surface area contributed by atoms with Crippen molar-refractivity contribution in [3.05, 3.63) is 0 Å². The van der Waals surface area contributed by atoms with Crippen LogP contribution in [0.4, 0.5) is 0 Å². The second-order valence-electron chi connectivity index (χ2n) is 5.26. The van der Waals surface area contributed by atoms with Crippen LogP contribution in [0.15, 0.2) is 0 Å². The molecule has 0 spiro atoms. The maximum atomic E-state index is 11.6. The minimum Gasteiger partial charge on any atom is -0.381 e. The summed E-state index contributed by atoms with van der Waals surface area (Å²) >= 11 is 0. The minimum absolute atomic E-state index is 0.0161. The lowest BCUT2D eigenvalue weighted by Crippen LogP contribution is -2.62. The van der Waals surface area contributed by atoms with E-state index in [0.29, 0.717) is 0 Å². The summed E-state index contributed by atoms with van der Waals surface area (Å²) < 4.78 is 10.6. The Morgan fingerprint density at radius 1 is 1.50 bits per heavy atom. The molecule has 2 atom stereocenters. The van der Waals surface area contributed by atoms with Crippen molar-refractivity contribution in [2.75, 3.05) is 13.7 Å². The van der Waals surface area contributed by atoms with Gasteiger partial charge in [0.2, 0.25) is 5.91 Å². The van der Waals surface area contributed by atoms with E-state index in [-0.39, 0.29) is 36.2 Å². The van der Waals surface area contributed by atoms with Gasteiger partial charge in [0, 0.05) is 18.6 Å². The average Bonchev–Trinajstić information content (AvgIpc) is 2.20. The van der Waals surface area contributed by atoms with Crippen LogP contribution >= 0.6 is 0 Å². The van der Waals surface area contributed by atoms with Gasteiger partial charge in [-0.1, -0.05) is 13.8 Å². The standard InChI is InChI=1S/C12H23NO3/c1-8(2)16-7-11(14)13-9-6-10(15-5)12(9,3)4/h8-10H,6-7H2,1-5H3,(H,13,14). The molecule has 1 fully saturated rings. The number of nitrogens with one attached hydrogen (secondary N) is 1. The maximum Gasteiger partial charge on any atom is 0.246 e. The first-order chi connectivity index (χ1) is 7.37. The Hall–Kier alpha value is -0.610. The van der Waals surface area contributed by atoms with E-state index in [4.69, 9.17) is 9.47 Å². The van der Waals surface area contributed by atoms with Crippen molar-refractivity contribution in [1.29, 1.82) is 0 Å². The zero-order chi connectivity index (χ0) is 12.3. The van der Waals surface area contributed by atoms with E-state index in [0.717, 1.165) is 6.42 Å². The molecule has 1 N–H and O–H groups in total. The van der Waals surface area contributed by atoms with Crippen LogP contribution in [0.5, 0.6) is 0 Å². The Labute approximate surface area is 97.7 Å². The van der Waals surface area contributed by atoms with Gasteiger partial charge in [0.25, 0.3) is 0 Å². The Morgan fingerprint density at radius 2 is 2.12 bits per heavy atom. The molecule has 0 aromatic rings. The highest BCUT2D eigenvalue weighted by atomic mass is 16.5. The summed E-state index contributed by atoms with van der Waals surface area (Å²) in [4.78, 5) is 11.6. The molecule has 1 aliphatic rings. The summed E-state index contributed by atoms with van der Waals surface area (Å²) in [6.45, 7) is 8.20. The molecule has 0 saturated heterocycles. The number of carbonyl (C=O) groups excluding carboxylic acids is 1. The van der Waals surface area contributed by atoms with Crippen LogP contribution in [0.1, 0.15) is 34.1 Å². The third-order valence-corrected chi connectivity index (χ3v) is 3.35. The Morgan fingerprint density at radius 3 is 2.56 bits per heavy atom. The first-order valence-electron chi connectivity index (χ1n) is 5.81. The van der Waals surface area contributed by atoms with Crippen molar-refractivity contribution in [2.24, 2.45) is 5.41 Å². The van der Waals surface area contributed by atoms with Gasteiger partial charge in [-0.15, -0.1) is 0 Å². The monoisotopic (exact) mass is 229 g/mol. The molecular weight excluding hydrogens is 206 g/mol. The van der Waals surface area contributed by atoms with Gasteiger partial charge in [0.15, 0.2) is 0 Å². The summed E-state index contributed by atoms with van der Waals surface area (Å²) in [6, 6.07) is 0.195. The largest absolute Gasteiger partial charge is 0.381 e. The first-order valence-corrected chi connectivity index (χ1v) is 5.81. The molecule has 1 rings (SSSR count). The van der Waals surface area contributed by atoms with E-state index < -0.39 is 0 Å². The fourth-order valence-electron chi connectivity index (χ4n) is 2.01. The van der Waals surface area contributed by atoms with Gasteiger partial charge >= 0.3 is 0 Å². The van der Waals surface area contributed by atoms with Crippen molar-refractivity contribution < 1.29 is 14.3 Å². The quantitative estimate of drug-likeness (QED) is 0.774. The smallest absolute Gasteiger partial charge is 0.246 e. The highest BCUT2D eigenvalue weighted by molar-refractivity contribution is 5.77. The minimum atomic E-state index is -0.0404. The first kappa shape index (κ1) is 13.5. The van der Waals surface area contributed by atoms with Crippen LogP contribution in [0.25, 0.3) is 0 Å². The van der Waals surface area contributed by atoms with E-state index in [1.54, 1.807) is 7.11 Å². The molecule has 1 aliphatic carbocycles. The highest BCUT2D eigenvalue weighted by Gasteiger charge is 2.49. The lowest BCUT2D eigenvalue weighted by Gasteiger charge is -2.51. The van der Waals surface area contributed by atoms with E-state index in [1.165, 1.54) is 0 Å². The molecule has 0 aromatic heterocycles. The second kappa shape index (κ2) is 5.15. The van der Waals surface area contributed by atoms with Gasteiger partial charge in [-0.25, -0.2) is 0 Å². The van der Waals surface area contributed by atoms with Crippen molar-refractivity contribution in [3.8, 4) is 0 Å². The summed E-state index contributed by atoms with van der Waals surface area (Å²) in [7, 11) is 1.71. The predicted octanol–water partition coefficient (Wildman–Crippen LogP) is 1.34. The molecule has 0 radical (unpaired) electrons. The summed E-state index contributed by atoms with van der Waals surface area (Å²) in [5, 5.41) is 2.98. The van der Waals surface area contributed by atoms with Gasteiger partial charge in [0.1, 0.15) is 6.61 Å². The van der Waals surface area contributed by atoms with E-state index in [1.807, 2.05) is 13.8 Å². The van der Waals surface area contributed by atoms with Gasteiger partial charge in [-0.3, -0.25) is 4.79 Å². The predicted molar refractivity (Wildman–Crippen MR) is 62.2 cm³/mol. The third-order valence-electron chi connectivity index (χ3n) is 3.35. The van der Waals surface area contributed by atoms with Crippen molar-refractivity contribution in [1.82, 2.24) is 5.32 Å². The molecule has 4 heteroatoms. The fraction of sp³-hybridized carbons (Fsp3) is 0.917. The van der Waals surface area contributed by atoms with Crippen molar-refractivity contribution in [3.63, 3.8) is 0 Å². The summed E-state index contributed by atoms with van der Waals surface area (Å²) in [5.41, 5.74) is 0.0161. The molecule has 94 valence electrons. The molecule has 16 heavy (non-hydrogen) atoms. The van der Waals surface area contributed by atoms with Crippen LogP contribution in [-0.2, 0) is 14.3 Å². The van der Waals surface area contributed by atoms with Crippen molar-refractivity contribution in [2.45, 2.75) is 52.4 Å². The van der Waals surface area contributed by atoms with E-state index in [2.05, 4.69) is 19.2 Å². The second-order valence-corrected chi connectivity index (χ2v) is 5.26. The molecule has 1 saturated carbocycles. The molecule has 0 heterocycles. The van der Waals surface area contributed by atoms with E-state index >= 15 is 0 Å². The molecule has 1 amide bonds. The molecule has 2 unspecified atom stereocenters. The SMILES string of the molecule is COC1CC(NC(=O)COC(C)C)C1(C)C. The van der Waals surface area contributed by atoms with Crippen LogP contribution in [0.2, 0.25) is 0 Å². The number of hydrogen-bond donors (Lipinski definition) is 1. The number of carbonyl (C=O) groups is 1. The van der Waals surface area contributed by atoms with Crippen molar-refractivity contribution >= 4 is 5.91 Å². The normalized spacial score (nSPS) is 27.6. The molecule has 0 aliphatic heterocycles. The Balaban J connectivity index is 2.31. The number of rotatable bonds is 5. The van der Waals surface area contributed by atoms with Gasteiger partial charge in [-0.05, 0) is 20.3 Å². The van der Waals surface area contributed by atoms with Gasteiger partial charge in [0.05, 0.1) is 12.2 Å². The topological polar surface area (TPSA) is 47.6 Å². The Bertz CT molecular complexity index is 251. The number of ether oxygens (including phenoxy) is 2. The van der Waals surface area contributed by atoms with Crippen LogP contribution in [0, 0.1) is 5.41 Å². The zero-order valence-corrected chi connectivity index (χ0v) is 10.9. The van der Waals surface area contributed by atoms with Crippen LogP contribution < -0.4 is 5.32 Å². The van der Waals surface area contributed by atoms with Gasteiger partial charge < -0.3 is 14.8 Å². The fourth-order valence-corrected chi connectivity index (χ4v) is 2.01. The summed E-state index contributed by atoms with van der Waals surface area (Å²) in [5.74, 6) is -0.0404. The van der Waals surface area contributed by atoms with E-state index in [9.17, 15) is 4.79 Å². The Kier molecular flexibility index (Phi) is 4.33. The molecular formula is C12H23NO3. The summed E-state index contributed by atoms with van der Waals surface area (Å²) in [6.07, 6.45) is 1.22. The van der Waals surface area contributed by atoms with Crippen LogP contribution in [-0.4, -0.2) is 37.9 Å². The zero-order valence-electron chi connectivity index (χ0n) is 10.9. The molecule has 4 nitrogen and oxygen atoms in total. The third kappa shape index (κ3) is 2.95. The lowest BCUT2D eigenvalue weighted by molar-refractivity contribution is -0.137.